The van der Waals surface area contributed by atoms with E-state index in [1.807, 2.05) is 6.07 Å². The summed E-state index contributed by atoms with van der Waals surface area (Å²) in [5, 5.41) is 0. The maximum atomic E-state index is 13.5. The Balaban J connectivity index is 2.47. The summed E-state index contributed by atoms with van der Waals surface area (Å²) in [5.74, 6) is 0.00278. The average Bonchev–Trinajstić information content (AvgIpc) is 2.84. The zero-order valence-corrected chi connectivity index (χ0v) is 9.82. The third kappa shape index (κ3) is 1.54. The van der Waals surface area contributed by atoms with Gasteiger partial charge in [-0.2, -0.15) is 0 Å². The molecule has 2 rings (SSSR count). The first-order valence-corrected chi connectivity index (χ1v) is 5.40. The Morgan fingerprint density at radius 3 is 2.50 bits per heavy atom. The van der Waals surface area contributed by atoms with Crippen LogP contribution in [0.15, 0.2) is 16.6 Å². The van der Waals surface area contributed by atoms with Crippen molar-refractivity contribution in [3.05, 3.63) is 28.0 Å². The molecule has 1 fully saturated rings. The molecule has 0 bridgehead atoms. The first kappa shape index (κ1) is 9.97. The molecule has 1 aliphatic rings. The van der Waals surface area contributed by atoms with E-state index >= 15 is 0 Å². The summed E-state index contributed by atoms with van der Waals surface area (Å²) in [6.45, 7) is 2.15. The van der Waals surface area contributed by atoms with E-state index in [-0.39, 0.29) is 17.0 Å². The highest BCUT2D eigenvalue weighted by Gasteiger charge is 2.39. The molecule has 76 valence electrons. The van der Waals surface area contributed by atoms with Gasteiger partial charge < -0.3 is 4.74 Å². The molecule has 0 heterocycles. The zero-order chi connectivity index (χ0) is 10.3. The molecule has 0 N–H and O–H groups in total. The molecule has 1 aliphatic carbocycles. The molecule has 0 unspecified atom stereocenters. The molecule has 1 aromatic carbocycles. The lowest BCUT2D eigenvalue weighted by atomic mass is 9.98. The van der Waals surface area contributed by atoms with E-state index in [0.717, 1.165) is 18.4 Å². The van der Waals surface area contributed by atoms with Crippen molar-refractivity contribution in [2.24, 2.45) is 0 Å². The summed E-state index contributed by atoms with van der Waals surface area (Å²) >= 11 is 3.31. The van der Waals surface area contributed by atoms with Crippen molar-refractivity contribution in [1.29, 1.82) is 0 Å². The third-order valence-corrected chi connectivity index (χ3v) is 3.49. The monoisotopic (exact) mass is 258 g/mol. The molecule has 0 spiro atoms. The number of methoxy groups -OCH3 is 1. The van der Waals surface area contributed by atoms with E-state index < -0.39 is 0 Å². The maximum Gasteiger partial charge on any atom is 0.168 e. The van der Waals surface area contributed by atoms with Gasteiger partial charge in [0, 0.05) is 0 Å². The Labute approximate surface area is 91.4 Å². The summed E-state index contributed by atoms with van der Waals surface area (Å²) in [5.41, 5.74) is 1.25. The minimum Gasteiger partial charge on any atom is -0.492 e. The molecule has 1 nitrogen and oxygen atoms in total. The van der Waals surface area contributed by atoms with E-state index in [9.17, 15) is 4.39 Å². The highest BCUT2D eigenvalue weighted by Crippen LogP contribution is 2.49. The van der Waals surface area contributed by atoms with Gasteiger partial charge >= 0.3 is 0 Å². The second-order valence-corrected chi connectivity index (χ2v) is 4.89. The molecule has 0 aliphatic heterocycles. The van der Waals surface area contributed by atoms with Crippen molar-refractivity contribution in [2.75, 3.05) is 7.11 Å². The Bertz CT molecular complexity index is 349. The van der Waals surface area contributed by atoms with Gasteiger partial charge in [0.1, 0.15) is 0 Å². The molecular weight excluding hydrogens is 247 g/mol. The van der Waals surface area contributed by atoms with Crippen molar-refractivity contribution in [2.45, 2.75) is 25.2 Å². The van der Waals surface area contributed by atoms with Crippen LogP contribution in [-0.2, 0) is 5.41 Å². The van der Waals surface area contributed by atoms with Gasteiger partial charge in [0.25, 0.3) is 0 Å². The number of ether oxygens (including phenoxy) is 1. The van der Waals surface area contributed by atoms with Crippen molar-refractivity contribution >= 4 is 15.9 Å². The lowest BCUT2D eigenvalue weighted by Gasteiger charge is -2.12. The van der Waals surface area contributed by atoms with Crippen molar-refractivity contribution < 1.29 is 9.13 Å². The molecule has 0 saturated heterocycles. The third-order valence-electron chi connectivity index (χ3n) is 2.90. The topological polar surface area (TPSA) is 9.23 Å². The predicted molar refractivity (Wildman–Crippen MR) is 57.2 cm³/mol. The van der Waals surface area contributed by atoms with Crippen molar-refractivity contribution in [1.82, 2.24) is 0 Å². The van der Waals surface area contributed by atoms with Crippen LogP contribution in [-0.4, -0.2) is 7.11 Å². The van der Waals surface area contributed by atoms with Crippen LogP contribution in [0.4, 0.5) is 4.39 Å². The molecule has 0 radical (unpaired) electrons. The van der Waals surface area contributed by atoms with Crippen LogP contribution in [0, 0.1) is 5.82 Å². The normalized spacial score (nSPS) is 18.0. The van der Waals surface area contributed by atoms with Crippen molar-refractivity contribution in [3.63, 3.8) is 0 Å². The number of hydrogen-bond donors (Lipinski definition) is 0. The predicted octanol–water partition coefficient (Wildman–Crippen LogP) is 3.65. The largest absolute Gasteiger partial charge is 0.492 e. The van der Waals surface area contributed by atoms with Gasteiger partial charge in [0.15, 0.2) is 11.6 Å². The molecular formula is C11H12BrFO. The second kappa shape index (κ2) is 3.23. The van der Waals surface area contributed by atoms with Gasteiger partial charge in [-0.25, -0.2) is 4.39 Å². The number of benzene rings is 1. The minimum absolute atomic E-state index is 0.190. The summed E-state index contributed by atoms with van der Waals surface area (Å²) < 4.78 is 19.2. The Morgan fingerprint density at radius 1 is 1.43 bits per heavy atom. The highest BCUT2D eigenvalue weighted by atomic mass is 79.9. The Morgan fingerprint density at radius 2 is 2.07 bits per heavy atom. The Hall–Kier alpha value is -0.570. The van der Waals surface area contributed by atoms with E-state index in [2.05, 4.69) is 22.9 Å². The van der Waals surface area contributed by atoms with Gasteiger partial charge in [-0.3, -0.25) is 0 Å². The molecule has 1 saturated carbocycles. The molecule has 0 atom stereocenters. The standard InChI is InChI=1S/C11H12BrFO/c1-11(3-4-11)7-5-8(12)10(14-2)9(13)6-7/h5-6H,3-4H2,1-2H3. The summed E-state index contributed by atoms with van der Waals surface area (Å²) in [6.07, 6.45) is 2.29. The van der Waals surface area contributed by atoms with Crippen LogP contribution in [0.3, 0.4) is 0 Å². The SMILES string of the molecule is COc1c(F)cc(C2(C)CC2)cc1Br. The Kier molecular flexibility index (Phi) is 2.30. The van der Waals surface area contributed by atoms with Crippen LogP contribution in [0.2, 0.25) is 0 Å². The van der Waals surface area contributed by atoms with Gasteiger partial charge in [-0.05, 0) is 51.9 Å². The fraction of sp³-hybridized carbons (Fsp3) is 0.455. The van der Waals surface area contributed by atoms with E-state index in [4.69, 9.17) is 4.74 Å². The van der Waals surface area contributed by atoms with E-state index in [1.54, 1.807) is 6.07 Å². The van der Waals surface area contributed by atoms with E-state index in [0.29, 0.717) is 4.47 Å². The van der Waals surface area contributed by atoms with Gasteiger partial charge in [0.2, 0.25) is 0 Å². The maximum absolute atomic E-state index is 13.5. The molecule has 0 amide bonds. The zero-order valence-electron chi connectivity index (χ0n) is 8.23. The van der Waals surface area contributed by atoms with Crippen LogP contribution >= 0.6 is 15.9 Å². The van der Waals surface area contributed by atoms with Crippen LogP contribution in [0.5, 0.6) is 5.75 Å². The van der Waals surface area contributed by atoms with Gasteiger partial charge in [-0.1, -0.05) is 6.92 Å². The fourth-order valence-corrected chi connectivity index (χ4v) is 2.18. The minimum atomic E-state index is -0.287. The first-order chi connectivity index (χ1) is 6.57. The fourth-order valence-electron chi connectivity index (χ4n) is 1.58. The van der Waals surface area contributed by atoms with Crippen molar-refractivity contribution in [3.8, 4) is 5.75 Å². The average molecular weight is 259 g/mol. The molecule has 3 heteroatoms. The molecule has 14 heavy (non-hydrogen) atoms. The van der Waals surface area contributed by atoms with Crippen LogP contribution < -0.4 is 4.74 Å². The quantitative estimate of drug-likeness (QED) is 0.787. The van der Waals surface area contributed by atoms with Crippen LogP contribution in [0.25, 0.3) is 0 Å². The molecule has 0 aromatic heterocycles. The summed E-state index contributed by atoms with van der Waals surface area (Å²) in [6, 6.07) is 3.53. The molecule has 1 aromatic rings. The van der Waals surface area contributed by atoms with Crippen LogP contribution in [0.1, 0.15) is 25.3 Å². The summed E-state index contributed by atoms with van der Waals surface area (Å²) in [7, 11) is 1.47. The summed E-state index contributed by atoms with van der Waals surface area (Å²) in [4.78, 5) is 0. The number of hydrogen-bond acceptors (Lipinski definition) is 1. The smallest absolute Gasteiger partial charge is 0.168 e. The lowest BCUT2D eigenvalue weighted by molar-refractivity contribution is 0.383. The number of rotatable bonds is 2. The highest BCUT2D eigenvalue weighted by molar-refractivity contribution is 9.10. The number of halogens is 2. The van der Waals surface area contributed by atoms with Gasteiger partial charge in [0.05, 0.1) is 11.6 Å². The lowest BCUT2D eigenvalue weighted by Crippen LogP contribution is -2.01. The second-order valence-electron chi connectivity index (χ2n) is 4.03. The first-order valence-electron chi connectivity index (χ1n) is 4.60. The van der Waals surface area contributed by atoms with E-state index in [1.165, 1.54) is 7.11 Å². The van der Waals surface area contributed by atoms with Gasteiger partial charge in [-0.15, -0.1) is 0 Å².